The lowest BCUT2D eigenvalue weighted by Crippen LogP contribution is -2.20. The minimum atomic E-state index is -2.51. The summed E-state index contributed by atoms with van der Waals surface area (Å²) in [5, 5.41) is 8.45. The van der Waals surface area contributed by atoms with Gasteiger partial charge in [-0.1, -0.05) is 5.21 Å². The molecule has 2 aromatic rings. The highest BCUT2D eigenvalue weighted by atomic mass is 32.2. The zero-order valence-corrected chi connectivity index (χ0v) is 12.6. The summed E-state index contributed by atoms with van der Waals surface area (Å²) in [5.41, 5.74) is 1.81. The first-order valence-electron chi connectivity index (χ1n) is 6.94. The van der Waals surface area contributed by atoms with Gasteiger partial charge < -0.3 is 4.74 Å². The summed E-state index contributed by atoms with van der Waals surface area (Å²) < 4.78 is 30.8. The molecule has 1 aromatic carbocycles. The minimum absolute atomic E-state index is 0.278. The van der Waals surface area contributed by atoms with Gasteiger partial charge in [-0.15, -0.1) is 5.10 Å². The van der Waals surface area contributed by atoms with Gasteiger partial charge in [-0.25, -0.2) is 17.8 Å². The van der Waals surface area contributed by atoms with E-state index in [4.69, 9.17) is 4.74 Å². The average Bonchev–Trinajstić information content (AvgIpc) is 3.10. The van der Waals surface area contributed by atoms with Crippen molar-refractivity contribution in [3.05, 3.63) is 18.2 Å². The third-order valence-electron chi connectivity index (χ3n) is 4.05. The van der Waals surface area contributed by atoms with E-state index in [2.05, 4.69) is 15.0 Å². The lowest BCUT2D eigenvalue weighted by molar-refractivity contribution is 0.415. The molecular weight excluding hydrogens is 292 g/mol. The Morgan fingerprint density at radius 1 is 1.43 bits per heavy atom. The van der Waals surface area contributed by atoms with Gasteiger partial charge in [0.1, 0.15) is 11.3 Å². The first-order chi connectivity index (χ1) is 10.2. The van der Waals surface area contributed by atoms with Crippen LogP contribution in [0.4, 0.5) is 0 Å². The van der Waals surface area contributed by atoms with E-state index in [1.54, 1.807) is 7.11 Å². The van der Waals surface area contributed by atoms with Crippen LogP contribution in [0.25, 0.3) is 11.0 Å². The molecule has 1 saturated carbocycles. The second-order valence-corrected chi connectivity index (χ2v) is 6.17. The Bertz CT molecular complexity index is 705. The lowest BCUT2D eigenvalue weighted by Gasteiger charge is -2.12. The van der Waals surface area contributed by atoms with Crippen LogP contribution in [0.1, 0.15) is 25.3 Å². The van der Waals surface area contributed by atoms with Crippen LogP contribution in [-0.2, 0) is 10.9 Å². The van der Waals surface area contributed by atoms with Gasteiger partial charge in [-0.2, -0.15) is 0 Å². The van der Waals surface area contributed by atoms with Gasteiger partial charge in [0.05, 0.1) is 18.7 Å². The van der Waals surface area contributed by atoms with Crippen molar-refractivity contribution in [2.45, 2.75) is 25.3 Å². The zero-order chi connectivity index (χ0) is 14.8. The normalized spacial score (nSPS) is 22.2. The van der Waals surface area contributed by atoms with E-state index < -0.39 is 10.9 Å². The quantitative estimate of drug-likeness (QED) is 0.801. The predicted molar refractivity (Wildman–Crippen MR) is 78.8 cm³/mol. The van der Waals surface area contributed by atoms with Gasteiger partial charge in [0.25, 0.3) is 0 Å². The Hall–Kier alpha value is -1.67. The Kier molecular flexibility index (Phi) is 4.07. The number of aromatic nitrogens is 3. The zero-order valence-electron chi connectivity index (χ0n) is 11.7. The summed E-state index contributed by atoms with van der Waals surface area (Å²) in [5.74, 6) is 1.13. The van der Waals surface area contributed by atoms with Crippen LogP contribution in [-0.4, -0.2) is 37.1 Å². The minimum Gasteiger partial charge on any atom is -0.497 e. The number of hydrogen-bond donors (Lipinski definition) is 2. The van der Waals surface area contributed by atoms with Crippen molar-refractivity contribution in [3.8, 4) is 5.75 Å². The number of hydrogen-bond acceptors (Lipinski definition) is 5. The van der Waals surface area contributed by atoms with Gasteiger partial charge in [0.15, 0.2) is 0 Å². The first-order valence-corrected chi connectivity index (χ1v) is 8.12. The van der Waals surface area contributed by atoms with Crippen LogP contribution < -0.4 is 9.46 Å². The van der Waals surface area contributed by atoms with Crippen molar-refractivity contribution in [1.29, 1.82) is 0 Å². The summed E-state index contributed by atoms with van der Waals surface area (Å²) >= 11 is 0. The molecule has 2 atom stereocenters. The van der Waals surface area contributed by atoms with Crippen molar-refractivity contribution in [1.82, 2.24) is 19.7 Å². The Morgan fingerprint density at radius 2 is 2.29 bits per heavy atom. The van der Waals surface area contributed by atoms with Crippen molar-refractivity contribution in [3.63, 3.8) is 0 Å². The monoisotopic (exact) mass is 310 g/mol. The van der Waals surface area contributed by atoms with E-state index >= 15 is 0 Å². The Labute approximate surface area is 124 Å². The molecule has 21 heavy (non-hydrogen) atoms. The molecule has 1 N–H and O–H groups in total. The number of thiol groups is 1. The predicted octanol–water partition coefficient (Wildman–Crippen LogP) is 0.897. The van der Waals surface area contributed by atoms with Gasteiger partial charge >= 0.3 is 0 Å². The summed E-state index contributed by atoms with van der Waals surface area (Å²) in [6.45, 7) is 0.510. The van der Waals surface area contributed by atoms with Crippen LogP contribution in [0.2, 0.25) is 0 Å². The summed E-state index contributed by atoms with van der Waals surface area (Å²) in [6.07, 6.45) is 2.91. The fourth-order valence-electron chi connectivity index (χ4n) is 2.98. The molecule has 0 saturated heterocycles. The standard InChI is InChI=1S/C13H18N4O3S/c1-20-11-4-5-13-12(7-11)15-16-17(13)10-3-2-9(6-10)8-14-21(18)19/h4-5,7,9-10,21H,2-3,6,8H2,1H3,(H,14,18,19). The highest BCUT2D eigenvalue weighted by Gasteiger charge is 2.27. The average molecular weight is 310 g/mol. The third kappa shape index (κ3) is 3.01. The van der Waals surface area contributed by atoms with Crippen molar-refractivity contribution < 1.29 is 13.2 Å². The summed E-state index contributed by atoms with van der Waals surface area (Å²) in [6, 6.07) is 6.02. The number of nitrogens with one attached hydrogen (secondary N) is 1. The number of benzene rings is 1. The number of fused-ring (bicyclic) bond motifs is 1. The molecule has 1 heterocycles. The van der Waals surface area contributed by atoms with Crippen LogP contribution in [0.3, 0.4) is 0 Å². The topological polar surface area (TPSA) is 86.1 Å². The second-order valence-electron chi connectivity index (χ2n) is 5.34. The molecule has 0 amide bonds. The molecule has 1 aromatic heterocycles. The largest absolute Gasteiger partial charge is 0.497 e. The fraction of sp³-hybridized carbons (Fsp3) is 0.538. The molecule has 7 nitrogen and oxygen atoms in total. The molecule has 114 valence electrons. The van der Waals surface area contributed by atoms with E-state index in [1.807, 2.05) is 22.9 Å². The highest BCUT2D eigenvalue weighted by Crippen LogP contribution is 2.35. The van der Waals surface area contributed by atoms with E-state index in [0.717, 1.165) is 36.0 Å². The SMILES string of the molecule is COc1ccc2c(c1)nnn2C1CCC(CN[SH](=O)=O)C1. The molecule has 0 radical (unpaired) electrons. The van der Waals surface area contributed by atoms with Gasteiger partial charge in [-0.05, 0) is 37.3 Å². The van der Waals surface area contributed by atoms with Gasteiger partial charge in [0.2, 0.25) is 10.9 Å². The van der Waals surface area contributed by atoms with E-state index in [9.17, 15) is 8.42 Å². The van der Waals surface area contributed by atoms with Crippen molar-refractivity contribution in [2.24, 2.45) is 5.92 Å². The lowest BCUT2D eigenvalue weighted by atomic mass is 10.1. The highest BCUT2D eigenvalue weighted by molar-refractivity contribution is 7.70. The number of ether oxygens (including phenoxy) is 1. The van der Waals surface area contributed by atoms with Crippen LogP contribution in [0, 0.1) is 5.92 Å². The van der Waals surface area contributed by atoms with Crippen LogP contribution in [0.15, 0.2) is 18.2 Å². The molecular formula is C13H18N4O3S. The summed E-state index contributed by atoms with van der Waals surface area (Å²) in [7, 11) is -0.883. The maximum absolute atomic E-state index is 10.6. The molecule has 0 aliphatic heterocycles. The molecule has 8 heteroatoms. The molecule has 3 rings (SSSR count). The number of methoxy groups -OCH3 is 1. The maximum atomic E-state index is 10.6. The molecule has 1 fully saturated rings. The van der Waals surface area contributed by atoms with Crippen molar-refractivity contribution >= 4 is 21.9 Å². The fourth-order valence-corrected chi connectivity index (χ4v) is 3.39. The van der Waals surface area contributed by atoms with Crippen LogP contribution >= 0.6 is 0 Å². The molecule has 0 spiro atoms. The van der Waals surface area contributed by atoms with E-state index in [0.29, 0.717) is 12.5 Å². The third-order valence-corrected chi connectivity index (χ3v) is 4.49. The van der Waals surface area contributed by atoms with Gasteiger partial charge in [-0.3, -0.25) is 0 Å². The smallest absolute Gasteiger partial charge is 0.201 e. The van der Waals surface area contributed by atoms with Crippen LogP contribution in [0.5, 0.6) is 5.75 Å². The number of nitrogens with zero attached hydrogens (tertiary/aromatic N) is 3. The second kappa shape index (κ2) is 5.98. The maximum Gasteiger partial charge on any atom is 0.201 e. The molecule has 2 unspecified atom stereocenters. The molecule has 0 bridgehead atoms. The van der Waals surface area contributed by atoms with Crippen molar-refractivity contribution in [2.75, 3.05) is 13.7 Å². The Morgan fingerprint density at radius 3 is 3.05 bits per heavy atom. The molecule has 1 aliphatic carbocycles. The van der Waals surface area contributed by atoms with E-state index in [-0.39, 0.29) is 6.04 Å². The number of rotatable bonds is 5. The first kappa shape index (κ1) is 14.3. The Balaban J connectivity index is 1.76. The van der Waals surface area contributed by atoms with E-state index in [1.165, 1.54) is 0 Å². The molecule has 1 aliphatic rings. The summed E-state index contributed by atoms with van der Waals surface area (Å²) in [4.78, 5) is 0. The van der Waals surface area contributed by atoms with Gasteiger partial charge in [0, 0.05) is 12.6 Å².